The van der Waals surface area contributed by atoms with Gasteiger partial charge in [0.25, 0.3) is 0 Å². The maximum absolute atomic E-state index is 13.5. The highest BCUT2D eigenvalue weighted by Crippen LogP contribution is 2.32. The van der Waals surface area contributed by atoms with Crippen LogP contribution in [0.25, 0.3) is 22.0 Å². The molecule has 0 aliphatic carbocycles. The summed E-state index contributed by atoms with van der Waals surface area (Å²) in [6, 6.07) is 15.1. The van der Waals surface area contributed by atoms with E-state index in [1.54, 1.807) is 26.1 Å². The molecule has 0 spiro atoms. The van der Waals surface area contributed by atoms with E-state index < -0.39 is 30.5 Å². The fourth-order valence-corrected chi connectivity index (χ4v) is 3.31. The molecule has 4 rings (SSSR count). The van der Waals surface area contributed by atoms with Gasteiger partial charge in [0.1, 0.15) is 17.9 Å². The van der Waals surface area contributed by atoms with Gasteiger partial charge in [-0.3, -0.25) is 4.79 Å². The van der Waals surface area contributed by atoms with Crippen molar-refractivity contribution in [1.82, 2.24) is 14.5 Å². The quantitative estimate of drug-likeness (QED) is 0.482. The van der Waals surface area contributed by atoms with Gasteiger partial charge in [-0.1, -0.05) is 30.3 Å². The van der Waals surface area contributed by atoms with E-state index in [9.17, 15) is 18.0 Å². The van der Waals surface area contributed by atoms with Crippen LogP contribution in [0.5, 0.6) is 0 Å². The monoisotopic (exact) mass is 401 g/mol. The van der Waals surface area contributed by atoms with Crippen LogP contribution in [-0.4, -0.2) is 27.4 Å². The lowest BCUT2D eigenvalue weighted by atomic mass is 10.2. The molecule has 0 aliphatic rings. The molecule has 2 aromatic heterocycles. The summed E-state index contributed by atoms with van der Waals surface area (Å²) in [5.74, 6) is -1.00. The summed E-state index contributed by atoms with van der Waals surface area (Å²) in [5.41, 5.74) is 1.15. The van der Waals surface area contributed by atoms with Crippen LogP contribution in [-0.2, 0) is 17.5 Å². The molecule has 0 saturated heterocycles. The number of imidazole rings is 1. The number of hydrogen-bond donors (Lipinski definition) is 0. The third kappa shape index (κ3) is 3.46. The Morgan fingerprint density at radius 2 is 1.86 bits per heavy atom. The Morgan fingerprint density at radius 3 is 2.59 bits per heavy atom. The van der Waals surface area contributed by atoms with Crippen molar-refractivity contribution in [3.63, 3.8) is 0 Å². The Bertz CT molecular complexity index is 1160. The van der Waals surface area contributed by atoms with Crippen LogP contribution in [0.15, 0.2) is 59.0 Å². The van der Waals surface area contributed by atoms with Crippen molar-refractivity contribution in [2.75, 3.05) is 7.05 Å². The molecule has 1 atom stereocenters. The number of rotatable bonds is 4. The second kappa shape index (κ2) is 6.95. The van der Waals surface area contributed by atoms with Crippen molar-refractivity contribution in [2.45, 2.75) is 25.7 Å². The fourth-order valence-electron chi connectivity index (χ4n) is 3.31. The van der Waals surface area contributed by atoms with Gasteiger partial charge in [0, 0.05) is 12.4 Å². The number of alkyl halides is 3. The lowest BCUT2D eigenvalue weighted by molar-refractivity contribution is -0.148. The highest BCUT2D eigenvalue weighted by atomic mass is 19.4. The molecule has 2 aromatic carbocycles. The molecule has 0 fully saturated rings. The maximum atomic E-state index is 13.5. The van der Waals surface area contributed by atoms with Crippen LogP contribution in [0.1, 0.15) is 24.6 Å². The first kappa shape index (κ1) is 19.0. The zero-order valence-corrected chi connectivity index (χ0v) is 15.8. The number of halogens is 3. The van der Waals surface area contributed by atoms with E-state index >= 15 is 0 Å². The summed E-state index contributed by atoms with van der Waals surface area (Å²) in [7, 11) is 1.55. The van der Waals surface area contributed by atoms with Gasteiger partial charge in [0.05, 0.1) is 17.1 Å². The molecule has 1 amide bonds. The van der Waals surface area contributed by atoms with E-state index in [1.807, 2.05) is 30.3 Å². The first-order chi connectivity index (χ1) is 13.8. The van der Waals surface area contributed by atoms with Crippen LogP contribution in [0.2, 0.25) is 0 Å². The number of para-hydroxylation sites is 3. The first-order valence-electron chi connectivity index (χ1n) is 9.02. The molecule has 0 bridgehead atoms. The number of hydrogen-bond acceptors (Lipinski definition) is 3. The second-order valence-electron chi connectivity index (χ2n) is 6.88. The van der Waals surface area contributed by atoms with Crippen molar-refractivity contribution in [2.24, 2.45) is 0 Å². The highest BCUT2D eigenvalue weighted by molar-refractivity contribution is 5.82. The third-order valence-electron chi connectivity index (χ3n) is 5.03. The Balaban J connectivity index is 1.63. The molecule has 0 saturated carbocycles. The van der Waals surface area contributed by atoms with Gasteiger partial charge in [0.2, 0.25) is 11.7 Å². The number of carbonyl (C=O) groups excluding carboxylic acids is 1. The Morgan fingerprint density at radius 1 is 1.17 bits per heavy atom. The van der Waals surface area contributed by atoms with Crippen LogP contribution in [0, 0.1) is 0 Å². The largest absolute Gasteiger partial charge is 0.459 e. The van der Waals surface area contributed by atoms with E-state index in [-0.39, 0.29) is 11.0 Å². The van der Waals surface area contributed by atoms with Crippen molar-refractivity contribution >= 4 is 27.9 Å². The van der Waals surface area contributed by atoms with Gasteiger partial charge >= 0.3 is 6.18 Å². The van der Waals surface area contributed by atoms with E-state index in [1.165, 1.54) is 17.0 Å². The van der Waals surface area contributed by atoms with Crippen molar-refractivity contribution in [1.29, 1.82) is 0 Å². The highest BCUT2D eigenvalue weighted by Gasteiger charge is 2.38. The standard InChI is InChI=1S/C21H18F3N3O2/c1-13(18-11-14-7-3-6-10-17(14)29-18)26(2)19(28)12-27-16-9-5-4-8-15(16)25-20(27)21(22,23)24/h3-11,13H,12H2,1-2H3/t13-/m1/s1. The molecule has 4 aromatic rings. The minimum Gasteiger partial charge on any atom is -0.459 e. The summed E-state index contributed by atoms with van der Waals surface area (Å²) in [6.45, 7) is 1.29. The van der Waals surface area contributed by atoms with Gasteiger partial charge in [-0.25, -0.2) is 4.98 Å². The van der Waals surface area contributed by atoms with Gasteiger partial charge < -0.3 is 13.9 Å². The zero-order valence-electron chi connectivity index (χ0n) is 15.8. The molecule has 0 radical (unpaired) electrons. The van der Waals surface area contributed by atoms with Gasteiger partial charge in [-0.05, 0) is 31.2 Å². The summed E-state index contributed by atoms with van der Waals surface area (Å²) < 4.78 is 47.1. The molecular formula is C21H18F3N3O2. The summed E-state index contributed by atoms with van der Waals surface area (Å²) in [6.07, 6.45) is -4.66. The number of fused-ring (bicyclic) bond motifs is 2. The molecule has 2 heterocycles. The van der Waals surface area contributed by atoms with Gasteiger partial charge in [-0.15, -0.1) is 0 Å². The first-order valence-corrected chi connectivity index (χ1v) is 9.02. The number of carbonyl (C=O) groups is 1. The summed E-state index contributed by atoms with van der Waals surface area (Å²) in [4.78, 5) is 17.9. The van der Waals surface area contributed by atoms with E-state index in [0.717, 1.165) is 9.95 Å². The van der Waals surface area contributed by atoms with E-state index in [0.29, 0.717) is 11.3 Å². The number of amides is 1. The van der Waals surface area contributed by atoms with Crippen LogP contribution < -0.4 is 0 Å². The number of nitrogens with zero attached hydrogens (tertiary/aromatic N) is 3. The smallest absolute Gasteiger partial charge is 0.449 e. The molecule has 8 heteroatoms. The normalized spacial score (nSPS) is 13.1. The number of furan rings is 1. The minimum atomic E-state index is -4.66. The zero-order chi connectivity index (χ0) is 20.8. The SMILES string of the molecule is C[C@H](c1cc2ccccc2o1)N(C)C(=O)Cn1c(C(F)(F)F)nc2ccccc21. The molecule has 0 unspecified atom stereocenters. The predicted octanol–water partition coefficient (Wildman–Crippen LogP) is 5.02. The second-order valence-corrected chi connectivity index (χ2v) is 6.88. The number of likely N-dealkylation sites (N-methyl/N-ethyl adjacent to an activating group) is 1. The Hall–Kier alpha value is -3.29. The Labute approximate surface area is 164 Å². The Kier molecular flexibility index (Phi) is 4.56. The average molecular weight is 401 g/mol. The molecule has 0 aliphatic heterocycles. The van der Waals surface area contributed by atoms with Crippen LogP contribution in [0.4, 0.5) is 13.2 Å². The predicted molar refractivity (Wildman–Crippen MR) is 102 cm³/mol. The lowest BCUT2D eigenvalue weighted by Gasteiger charge is -2.24. The van der Waals surface area contributed by atoms with Crippen LogP contribution >= 0.6 is 0 Å². The third-order valence-corrected chi connectivity index (χ3v) is 5.03. The lowest BCUT2D eigenvalue weighted by Crippen LogP contribution is -2.33. The van der Waals surface area contributed by atoms with Gasteiger partial charge in [-0.2, -0.15) is 13.2 Å². The van der Waals surface area contributed by atoms with Crippen LogP contribution in [0.3, 0.4) is 0 Å². The topological polar surface area (TPSA) is 51.3 Å². The van der Waals surface area contributed by atoms with Crippen molar-refractivity contribution in [3.05, 3.63) is 66.2 Å². The van der Waals surface area contributed by atoms with E-state index in [4.69, 9.17) is 4.42 Å². The van der Waals surface area contributed by atoms with Crippen molar-refractivity contribution < 1.29 is 22.4 Å². The molecule has 150 valence electrons. The van der Waals surface area contributed by atoms with E-state index in [2.05, 4.69) is 4.98 Å². The number of benzene rings is 2. The molecule has 29 heavy (non-hydrogen) atoms. The summed E-state index contributed by atoms with van der Waals surface area (Å²) in [5, 5.41) is 0.898. The minimum absolute atomic E-state index is 0.195. The molecule has 0 N–H and O–H groups in total. The average Bonchev–Trinajstić information content (AvgIpc) is 3.28. The van der Waals surface area contributed by atoms with Crippen molar-refractivity contribution in [3.8, 4) is 0 Å². The summed E-state index contributed by atoms with van der Waals surface area (Å²) >= 11 is 0. The number of aromatic nitrogens is 2. The molecular weight excluding hydrogens is 383 g/mol. The van der Waals surface area contributed by atoms with Gasteiger partial charge in [0.15, 0.2) is 0 Å². The molecule has 5 nitrogen and oxygen atoms in total. The fraction of sp³-hybridized carbons (Fsp3) is 0.238. The maximum Gasteiger partial charge on any atom is 0.449 e.